The second-order valence-electron chi connectivity index (χ2n) is 6.59. The molecule has 1 unspecified atom stereocenters. The van der Waals surface area contributed by atoms with Gasteiger partial charge in [-0.15, -0.1) is 5.10 Å². The molecule has 0 saturated carbocycles. The van der Waals surface area contributed by atoms with Gasteiger partial charge in [-0.25, -0.2) is 8.42 Å². The first-order valence-corrected chi connectivity index (χ1v) is 10.3. The zero-order valence-electron chi connectivity index (χ0n) is 15.0. The van der Waals surface area contributed by atoms with Crippen molar-refractivity contribution >= 4 is 21.9 Å². The van der Waals surface area contributed by atoms with Crippen LogP contribution in [0.2, 0.25) is 0 Å². The Morgan fingerprint density at radius 2 is 2.00 bits per heavy atom. The molecule has 2 aromatic rings. The van der Waals surface area contributed by atoms with E-state index in [1.54, 1.807) is 0 Å². The smallest absolute Gasteiger partial charge is 0.322 e. The van der Waals surface area contributed by atoms with Crippen LogP contribution in [0.4, 0.5) is 6.01 Å². The zero-order chi connectivity index (χ0) is 18.9. The van der Waals surface area contributed by atoms with Crippen LogP contribution in [-0.4, -0.2) is 47.7 Å². The van der Waals surface area contributed by atoms with Crippen molar-refractivity contribution in [2.24, 2.45) is 0 Å². The highest BCUT2D eigenvalue weighted by Crippen LogP contribution is 2.24. The molecule has 1 fully saturated rings. The summed E-state index contributed by atoms with van der Waals surface area (Å²) in [7, 11) is -3.45. The van der Waals surface area contributed by atoms with Gasteiger partial charge in [0.05, 0.1) is 6.26 Å². The van der Waals surface area contributed by atoms with Crippen LogP contribution in [0.3, 0.4) is 0 Å². The number of piperidine rings is 1. The van der Waals surface area contributed by atoms with Gasteiger partial charge in [-0.2, -0.15) is 4.31 Å². The molecule has 1 aromatic carbocycles. The van der Waals surface area contributed by atoms with Crippen LogP contribution in [0.25, 0.3) is 11.5 Å². The fourth-order valence-electron chi connectivity index (χ4n) is 3.02. The number of carbonyl (C=O) groups is 1. The Labute approximate surface area is 152 Å². The van der Waals surface area contributed by atoms with E-state index in [0.717, 1.165) is 35.8 Å². The van der Waals surface area contributed by atoms with Crippen molar-refractivity contribution in [1.29, 1.82) is 0 Å². The Balaban J connectivity index is 1.75. The molecule has 8 nitrogen and oxygen atoms in total. The van der Waals surface area contributed by atoms with Gasteiger partial charge in [-0.3, -0.25) is 10.1 Å². The molecule has 0 spiro atoms. The predicted molar refractivity (Wildman–Crippen MR) is 97.0 cm³/mol. The van der Waals surface area contributed by atoms with Crippen LogP contribution in [0.5, 0.6) is 0 Å². The molecule has 1 amide bonds. The number of benzene rings is 1. The van der Waals surface area contributed by atoms with Crippen LogP contribution < -0.4 is 5.32 Å². The van der Waals surface area contributed by atoms with E-state index in [2.05, 4.69) is 15.5 Å². The Morgan fingerprint density at radius 1 is 1.23 bits per heavy atom. The highest BCUT2D eigenvalue weighted by molar-refractivity contribution is 7.88. The normalized spacial score (nSPS) is 18.7. The number of aryl methyl sites for hydroxylation is 2. The molecule has 26 heavy (non-hydrogen) atoms. The fraction of sp³-hybridized carbons (Fsp3) is 0.471. The lowest BCUT2D eigenvalue weighted by molar-refractivity contribution is -0.120. The van der Waals surface area contributed by atoms with E-state index >= 15 is 0 Å². The first kappa shape index (κ1) is 18.5. The third-order valence-corrected chi connectivity index (χ3v) is 5.88. The molecule has 0 aliphatic carbocycles. The molecule has 1 aliphatic heterocycles. The molecule has 1 atom stereocenters. The van der Waals surface area contributed by atoms with Gasteiger partial charge in [0.2, 0.25) is 21.8 Å². The summed E-state index contributed by atoms with van der Waals surface area (Å²) in [6, 6.07) is 4.96. The summed E-state index contributed by atoms with van der Waals surface area (Å²) >= 11 is 0. The van der Waals surface area contributed by atoms with Gasteiger partial charge in [0.15, 0.2) is 0 Å². The second kappa shape index (κ2) is 7.16. The molecule has 1 saturated heterocycles. The largest absolute Gasteiger partial charge is 0.403 e. The third-order valence-electron chi connectivity index (χ3n) is 4.59. The topological polar surface area (TPSA) is 105 Å². The molecule has 3 rings (SSSR count). The van der Waals surface area contributed by atoms with E-state index in [1.807, 2.05) is 32.0 Å². The molecule has 2 heterocycles. The summed E-state index contributed by atoms with van der Waals surface area (Å²) in [5.74, 6) is -0.155. The number of amides is 1. The Bertz CT molecular complexity index is 923. The molecule has 1 aromatic heterocycles. The van der Waals surface area contributed by atoms with Gasteiger partial charge < -0.3 is 4.42 Å². The average molecular weight is 378 g/mol. The summed E-state index contributed by atoms with van der Waals surface area (Å²) in [4.78, 5) is 12.5. The van der Waals surface area contributed by atoms with E-state index in [9.17, 15) is 13.2 Å². The predicted octanol–water partition coefficient (Wildman–Crippen LogP) is 2.11. The maximum absolute atomic E-state index is 12.5. The number of nitrogens with zero attached hydrogens (tertiary/aromatic N) is 3. The van der Waals surface area contributed by atoms with Crippen molar-refractivity contribution in [2.45, 2.75) is 39.2 Å². The van der Waals surface area contributed by atoms with Crippen LogP contribution >= 0.6 is 0 Å². The third kappa shape index (κ3) is 3.94. The van der Waals surface area contributed by atoms with Crippen LogP contribution in [0.1, 0.15) is 30.4 Å². The van der Waals surface area contributed by atoms with Crippen molar-refractivity contribution < 1.29 is 17.6 Å². The van der Waals surface area contributed by atoms with Crippen LogP contribution in [0, 0.1) is 13.8 Å². The highest BCUT2D eigenvalue weighted by Gasteiger charge is 2.35. The number of hydrogen-bond donors (Lipinski definition) is 1. The van der Waals surface area contributed by atoms with Crippen LogP contribution in [0.15, 0.2) is 22.6 Å². The molecule has 1 aliphatic rings. The quantitative estimate of drug-likeness (QED) is 0.873. The van der Waals surface area contributed by atoms with E-state index < -0.39 is 22.0 Å². The van der Waals surface area contributed by atoms with Crippen molar-refractivity contribution in [1.82, 2.24) is 14.5 Å². The van der Waals surface area contributed by atoms with E-state index in [4.69, 9.17) is 4.42 Å². The fourth-order valence-corrected chi connectivity index (χ4v) is 4.14. The maximum Gasteiger partial charge on any atom is 0.322 e. The molecule has 1 N–H and O–H groups in total. The number of anilines is 1. The number of rotatable bonds is 4. The van der Waals surface area contributed by atoms with Crippen molar-refractivity contribution in [3.05, 3.63) is 29.3 Å². The van der Waals surface area contributed by atoms with Gasteiger partial charge in [0.1, 0.15) is 6.04 Å². The van der Waals surface area contributed by atoms with Gasteiger partial charge in [-0.05, 0) is 49.9 Å². The standard InChI is InChI=1S/C17H22N4O4S/c1-11-7-8-13(10-12(11)2)16-19-20-17(25-16)18-15(22)14-6-4-5-9-21(14)26(3,23)24/h7-8,10,14H,4-6,9H2,1-3H3,(H,18,20,22). The Morgan fingerprint density at radius 3 is 2.69 bits per heavy atom. The Hall–Kier alpha value is -2.26. The van der Waals surface area contributed by atoms with E-state index in [1.165, 1.54) is 4.31 Å². The molecule has 140 valence electrons. The number of carbonyl (C=O) groups excluding carboxylic acids is 1. The molecule has 0 bridgehead atoms. The number of aromatic nitrogens is 2. The van der Waals surface area contributed by atoms with Gasteiger partial charge in [0, 0.05) is 12.1 Å². The number of hydrogen-bond acceptors (Lipinski definition) is 6. The summed E-state index contributed by atoms with van der Waals surface area (Å²) in [6.07, 6.45) is 3.12. The van der Waals surface area contributed by atoms with Gasteiger partial charge >= 0.3 is 6.01 Å². The lowest BCUT2D eigenvalue weighted by Crippen LogP contribution is -2.49. The number of sulfonamides is 1. The minimum Gasteiger partial charge on any atom is -0.403 e. The lowest BCUT2D eigenvalue weighted by atomic mass is 10.0. The summed E-state index contributed by atoms with van der Waals surface area (Å²) in [5.41, 5.74) is 3.01. The van der Waals surface area contributed by atoms with Gasteiger partial charge in [0.25, 0.3) is 0 Å². The minimum atomic E-state index is -3.45. The molecule has 0 radical (unpaired) electrons. The summed E-state index contributed by atoms with van der Waals surface area (Å²) in [6.45, 7) is 4.34. The summed E-state index contributed by atoms with van der Waals surface area (Å²) in [5, 5.41) is 10.4. The first-order chi connectivity index (χ1) is 12.3. The second-order valence-corrected chi connectivity index (χ2v) is 8.52. The van der Waals surface area contributed by atoms with Crippen molar-refractivity contribution in [3.63, 3.8) is 0 Å². The van der Waals surface area contributed by atoms with E-state index in [-0.39, 0.29) is 6.01 Å². The number of nitrogens with one attached hydrogen (secondary N) is 1. The highest BCUT2D eigenvalue weighted by atomic mass is 32.2. The zero-order valence-corrected chi connectivity index (χ0v) is 15.8. The maximum atomic E-state index is 12.5. The van der Waals surface area contributed by atoms with Crippen molar-refractivity contribution in [3.8, 4) is 11.5 Å². The van der Waals surface area contributed by atoms with Gasteiger partial charge in [-0.1, -0.05) is 17.6 Å². The minimum absolute atomic E-state index is 0.0396. The summed E-state index contributed by atoms with van der Waals surface area (Å²) < 4.78 is 30.5. The van der Waals surface area contributed by atoms with E-state index in [0.29, 0.717) is 18.9 Å². The SMILES string of the molecule is Cc1ccc(-c2nnc(NC(=O)C3CCCCN3S(C)(=O)=O)o2)cc1C. The Kier molecular flexibility index (Phi) is 5.10. The van der Waals surface area contributed by atoms with Crippen LogP contribution in [-0.2, 0) is 14.8 Å². The average Bonchev–Trinajstić information content (AvgIpc) is 3.05. The monoisotopic (exact) mass is 378 g/mol. The molecule has 9 heteroatoms. The van der Waals surface area contributed by atoms with Crippen molar-refractivity contribution in [2.75, 3.05) is 18.1 Å². The first-order valence-electron chi connectivity index (χ1n) is 8.44. The molecular weight excluding hydrogens is 356 g/mol. The lowest BCUT2D eigenvalue weighted by Gasteiger charge is -2.32. The molecular formula is C17H22N4O4S.